The van der Waals surface area contributed by atoms with Crippen molar-refractivity contribution in [3.8, 4) is 0 Å². The summed E-state index contributed by atoms with van der Waals surface area (Å²) >= 11 is 0. The number of aliphatic hydroxyl groups excluding tert-OH is 1. The van der Waals surface area contributed by atoms with Gasteiger partial charge in [-0.15, -0.1) is 0 Å². The molecule has 1 fully saturated rings. The van der Waals surface area contributed by atoms with Crippen LogP contribution in [-0.4, -0.2) is 48.8 Å². The van der Waals surface area contributed by atoms with Crippen molar-refractivity contribution in [1.29, 1.82) is 0 Å². The number of amides is 2. The van der Waals surface area contributed by atoms with Gasteiger partial charge in [0.15, 0.2) is 0 Å². The quantitative estimate of drug-likeness (QED) is 0.752. The molecule has 0 aromatic heterocycles. The van der Waals surface area contributed by atoms with E-state index in [1.54, 1.807) is 0 Å². The molecule has 0 aliphatic carbocycles. The lowest BCUT2D eigenvalue weighted by molar-refractivity contribution is 0.170. The summed E-state index contributed by atoms with van der Waals surface area (Å²) in [5.41, 5.74) is 1.89. The topological polar surface area (TPSA) is 64.6 Å². The zero-order valence-electron chi connectivity index (χ0n) is 14.2. The first-order chi connectivity index (χ1) is 11.1. The molecular weight excluding hydrogens is 290 g/mol. The van der Waals surface area contributed by atoms with Crippen LogP contribution in [0.5, 0.6) is 0 Å². The highest BCUT2D eigenvalue weighted by Crippen LogP contribution is 2.16. The van der Waals surface area contributed by atoms with E-state index >= 15 is 0 Å². The molecule has 2 amide bonds. The number of hydrogen-bond acceptors (Lipinski definition) is 3. The largest absolute Gasteiger partial charge is 0.387 e. The summed E-state index contributed by atoms with van der Waals surface area (Å²) in [4.78, 5) is 14.2. The van der Waals surface area contributed by atoms with E-state index in [0.29, 0.717) is 6.54 Å². The minimum absolute atomic E-state index is 0.220. The van der Waals surface area contributed by atoms with Gasteiger partial charge in [0.05, 0.1) is 6.10 Å². The third-order valence-electron chi connectivity index (χ3n) is 4.46. The van der Waals surface area contributed by atoms with Crippen molar-refractivity contribution in [2.45, 2.75) is 32.8 Å². The Morgan fingerprint density at radius 3 is 2.91 bits per heavy atom. The predicted octanol–water partition coefficient (Wildman–Crippen LogP) is 2.06. The van der Waals surface area contributed by atoms with Crippen LogP contribution < -0.4 is 10.6 Å². The van der Waals surface area contributed by atoms with E-state index in [9.17, 15) is 9.90 Å². The van der Waals surface area contributed by atoms with Gasteiger partial charge in [-0.3, -0.25) is 0 Å². The van der Waals surface area contributed by atoms with Crippen LogP contribution in [-0.2, 0) is 0 Å². The first kappa shape index (κ1) is 17.8. The van der Waals surface area contributed by atoms with Gasteiger partial charge < -0.3 is 20.6 Å². The molecule has 3 N–H and O–H groups in total. The van der Waals surface area contributed by atoms with Crippen LogP contribution in [0.1, 0.15) is 37.0 Å². The maximum absolute atomic E-state index is 11.8. The zero-order valence-corrected chi connectivity index (χ0v) is 14.2. The number of carbonyl (C=O) groups is 1. The molecule has 0 spiro atoms. The van der Waals surface area contributed by atoms with Crippen molar-refractivity contribution in [2.75, 3.05) is 32.7 Å². The van der Waals surface area contributed by atoms with E-state index in [1.807, 2.05) is 31.2 Å². The average Bonchev–Trinajstić information content (AvgIpc) is 2.53. The van der Waals surface area contributed by atoms with Gasteiger partial charge in [0.1, 0.15) is 0 Å². The van der Waals surface area contributed by atoms with E-state index in [0.717, 1.165) is 36.7 Å². The summed E-state index contributed by atoms with van der Waals surface area (Å²) in [6, 6.07) is 7.45. The Morgan fingerprint density at radius 1 is 1.39 bits per heavy atom. The van der Waals surface area contributed by atoms with Gasteiger partial charge in [-0.2, -0.15) is 0 Å². The molecule has 1 aliphatic rings. The molecule has 5 heteroatoms. The molecule has 2 rings (SSSR count). The molecule has 0 radical (unpaired) electrons. The number of rotatable bonds is 6. The second kappa shape index (κ2) is 8.89. The molecule has 1 saturated heterocycles. The Hall–Kier alpha value is -1.59. The van der Waals surface area contributed by atoms with Crippen molar-refractivity contribution in [2.24, 2.45) is 5.92 Å². The van der Waals surface area contributed by atoms with E-state index in [1.165, 1.54) is 12.8 Å². The zero-order chi connectivity index (χ0) is 16.7. The third kappa shape index (κ3) is 5.84. The predicted molar refractivity (Wildman–Crippen MR) is 92.4 cm³/mol. The highest BCUT2D eigenvalue weighted by molar-refractivity contribution is 5.73. The molecule has 2 atom stereocenters. The Kier molecular flexibility index (Phi) is 6.86. The van der Waals surface area contributed by atoms with Gasteiger partial charge in [0, 0.05) is 26.2 Å². The third-order valence-corrected chi connectivity index (χ3v) is 4.46. The maximum Gasteiger partial charge on any atom is 0.314 e. The fraction of sp³-hybridized carbons (Fsp3) is 0.611. The number of piperidine rings is 1. The van der Waals surface area contributed by atoms with E-state index in [-0.39, 0.29) is 12.6 Å². The van der Waals surface area contributed by atoms with Gasteiger partial charge in [-0.1, -0.05) is 31.2 Å². The SMILES string of the molecule is Cc1ccccc1C(O)CNC(=O)NCCN1CCCC(C)C1. The average molecular weight is 319 g/mol. The van der Waals surface area contributed by atoms with Crippen molar-refractivity contribution >= 4 is 6.03 Å². The number of aliphatic hydroxyl groups is 1. The van der Waals surface area contributed by atoms with Crippen molar-refractivity contribution in [3.05, 3.63) is 35.4 Å². The fourth-order valence-corrected chi connectivity index (χ4v) is 3.14. The lowest BCUT2D eigenvalue weighted by atomic mass is 10.0. The molecule has 23 heavy (non-hydrogen) atoms. The molecule has 5 nitrogen and oxygen atoms in total. The fourth-order valence-electron chi connectivity index (χ4n) is 3.14. The summed E-state index contributed by atoms with van der Waals surface area (Å²) in [6.45, 7) is 8.22. The summed E-state index contributed by atoms with van der Waals surface area (Å²) in [7, 11) is 0. The second-order valence-corrected chi connectivity index (χ2v) is 6.56. The van der Waals surface area contributed by atoms with E-state index < -0.39 is 6.10 Å². The summed E-state index contributed by atoms with van der Waals surface area (Å²) in [6.07, 6.45) is 1.88. The van der Waals surface area contributed by atoms with Gasteiger partial charge in [-0.05, 0) is 43.4 Å². The molecule has 0 saturated carbocycles. The van der Waals surface area contributed by atoms with Crippen molar-refractivity contribution in [3.63, 3.8) is 0 Å². The molecule has 128 valence electrons. The summed E-state index contributed by atoms with van der Waals surface area (Å²) in [5, 5.41) is 15.8. The van der Waals surface area contributed by atoms with Crippen LogP contribution in [0.15, 0.2) is 24.3 Å². The lowest BCUT2D eigenvalue weighted by Gasteiger charge is -2.30. The molecule has 1 aliphatic heterocycles. The molecule has 0 bridgehead atoms. The molecular formula is C18H29N3O2. The number of carbonyl (C=O) groups excluding carboxylic acids is 1. The first-order valence-electron chi connectivity index (χ1n) is 8.54. The maximum atomic E-state index is 11.8. The van der Waals surface area contributed by atoms with Gasteiger partial charge in [-0.25, -0.2) is 4.79 Å². The van der Waals surface area contributed by atoms with Crippen LogP contribution in [0.4, 0.5) is 4.79 Å². The van der Waals surface area contributed by atoms with Crippen LogP contribution >= 0.6 is 0 Å². The van der Waals surface area contributed by atoms with Crippen LogP contribution in [0.25, 0.3) is 0 Å². The van der Waals surface area contributed by atoms with E-state index in [4.69, 9.17) is 0 Å². The minimum atomic E-state index is -0.676. The Morgan fingerprint density at radius 2 is 2.17 bits per heavy atom. The monoisotopic (exact) mass is 319 g/mol. The van der Waals surface area contributed by atoms with Crippen LogP contribution in [0.2, 0.25) is 0 Å². The minimum Gasteiger partial charge on any atom is -0.387 e. The number of urea groups is 1. The summed E-state index contributed by atoms with van der Waals surface area (Å²) < 4.78 is 0. The van der Waals surface area contributed by atoms with Crippen LogP contribution in [0.3, 0.4) is 0 Å². The molecule has 2 unspecified atom stereocenters. The Bertz CT molecular complexity index is 507. The number of hydrogen-bond donors (Lipinski definition) is 3. The Labute approximate surface area is 139 Å². The van der Waals surface area contributed by atoms with Gasteiger partial charge in [0.25, 0.3) is 0 Å². The molecule has 1 aromatic carbocycles. The van der Waals surface area contributed by atoms with Crippen molar-refractivity contribution < 1.29 is 9.90 Å². The van der Waals surface area contributed by atoms with Gasteiger partial charge in [0.2, 0.25) is 0 Å². The number of aryl methyl sites for hydroxylation is 1. The normalized spacial score (nSPS) is 20.0. The lowest BCUT2D eigenvalue weighted by Crippen LogP contribution is -2.43. The molecule has 1 aromatic rings. The number of nitrogens with zero attached hydrogens (tertiary/aromatic N) is 1. The standard InChI is InChI=1S/C18H29N3O2/c1-14-6-5-10-21(13-14)11-9-19-18(23)20-12-17(22)16-8-4-3-7-15(16)2/h3-4,7-8,14,17,22H,5-6,9-13H2,1-2H3,(H2,19,20,23). The number of benzene rings is 1. The Balaban J connectivity index is 1.64. The van der Waals surface area contributed by atoms with E-state index in [2.05, 4.69) is 22.5 Å². The van der Waals surface area contributed by atoms with Gasteiger partial charge >= 0.3 is 6.03 Å². The van der Waals surface area contributed by atoms with Crippen molar-refractivity contribution in [1.82, 2.24) is 15.5 Å². The second-order valence-electron chi connectivity index (χ2n) is 6.56. The highest BCUT2D eigenvalue weighted by atomic mass is 16.3. The smallest absolute Gasteiger partial charge is 0.314 e. The highest BCUT2D eigenvalue weighted by Gasteiger charge is 2.16. The number of nitrogens with one attached hydrogen (secondary N) is 2. The number of likely N-dealkylation sites (tertiary alicyclic amines) is 1. The van der Waals surface area contributed by atoms with Crippen LogP contribution in [0, 0.1) is 12.8 Å². The first-order valence-corrected chi connectivity index (χ1v) is 8.54. The molecule has 1 heterocycles. The summed E-state index contributed by atoms with van der Waals surface area (Å²) in [5.74, 6) is 0.752.